The molecule has 5 aromatic rings. The van der Waals surface area contributed by atoms with Gasteiger partial charge in [0.25, 0.3) is 11.5 Å². The molecule has 6 heterocycles. The van der Waals surface area contributed by atoms with Crippen LogP contribution < -0.4 is 16.6 Å². The number of nitrogens with two attached hydrogens (primary N) is 1. The van der Waals surface area contributed by atoms with Gasteiger partial charge >= 0.3 is 14.5 Å². The second kappa shape index (κ2) is 14.8. The number of rotatable bonds is 6. The standard InChI is InChI=1S/C35H43FN10O11P2SSi/c1-34(2,3)61(4,5)57-25-23(45-15-41-22-29(45)43-33(37)44-31(22)48)18-11-35(18)13-53-59(51,60)55-24-19(12-52-58(49,50)56-26(25)35)54-32(20(24)36)46-16-40-21-27(38-14-39-28(21)46)42-30(47)17-9-7-6-8-10-17/h6-10,14-16,18-20,23-26,32H,11-13H2,1-5H3,(H,49,50)(H,51,60)(H3,37,43,44,48)(H,38,39,42,47)/t18-,19-,20-,23-,24-,25+,26+,32-,35?,59?/m1/s1. The summed E-state index contributed by atoms with van der Waals surface area (Å²) in [5.41, 5.74) is 5.00. The summed E-state index contributed by atoms with van der Waals surface area (Å²) in [5.74, 6) is -0.988. The second-order valence-corrected chi connectivity index (χ2v) is 26.1. The highest BCUT2D eigenvalue weighted by Gasteiger charge is 2.75. The van der Waals surface area contributed by atoms with Crippen molar-refractivity contribution >= 4 is 74.7 Å². The van der Waals surface area contributed by atoms with Crippen molar-refractivity contribution in [1.82, 2.24) is 39.0 Å². The maximum atomic E-state index is 16.7. The molecule has 3 unspecified atom stereocenters. The first-order chi connectivity index (χ1) is 28.7. The number of H-pyrrole nitrogens is 1. The number of aromatic nitrogens is 8. The molecule has 6 N–H and O–H groups in total. The van der Waals surface area contributed by atoms with Gasteiger partial charge in [0.1, 0.15) is 24.6 Å². The molecule has 1 aromatic carbocycles. The summed E-state index contributed by atoms with van der Waals surface area (Å²) >= 11 is 5.49. The van der Waals surface area contributed by atoms with Crippen LogP contribution in [0.3, 0.4) is 0 Å². The van der Waals surface area contributed by atoms with Gasteiger partial charge in [-0.2, -0.15) is 4.98 Å². The van der Waals surface area contributed by atoms with Crippen LogP contribution >= 0.6 is 14.5 Å². The molecule has 2 saturated heterocycles. The van der Waals surface area contributed by atoms with Crippen LogP contribution in [0.5, 0.6) is 0 Å². The molecular weight excluding hydrogens is 878 g/mol. The quantitative estimate of drug-likeness (QED) is 0.118. The highest BCUT2D eigenvalue weighted by Crippen LogP contribution is 2.73. The van der Waals surface area contributed by atoms with E-state index in [0.29, 0.717) is 12.0 Å². The number of carbonyl (C=O) groups excluding carboxylic acids is 1. The summed E-state index contributed by atoms with van der Waals surface area (Å²) < 4.78 is 70.4. The number of imidazole rings is 2. The zero-order valence-corrected chi connectivity index (χ0v) is 36.9. The fourth-order valence-electron chi connectivity index (χ4n) is 8.25. The zero-order chi connectivity index (χ0) is 43.4. The Morgan fingerprint density at radius 2 is 1.80 bits per heavy atom. The lowest BCUT2D eigenvalue weighted by atomic mass is 10.0. The van der Waals surface area contributed by atoms with Gasteiger partial charge in [0.2, 0.25) is 5.95 Å². The number of amides is 1. The lowest BCUT2D eigenvalue weighted by Crippen LogP contribution is -2.50. The molecule has 0 bridgehead atoms. The summed E-state index contributed by atoms with van der Waals surface area (Å²) in [6, 6.07) is 7.72. The highest BCUT2D eigenvalue weighted by atomic mass is 32.5. The van der Waals surface area contributed by atoms with Crippen molar-refractivity contribution in [2.75, 3.05) is 24.3 Å². The van der Waals surface area contributed by atoms with Gasteiger partial charge in [-0.15, -0.1) is 0 Å². The van der Waals surface area contributed by atoms with E-state index in [4.69, 9.17) is 44.8 Å². The minimum Gasteiger partial charge on any atom is -0.409 e. The average Bonchev–Trinajstić information content (AvgIpc) is 3.44. The number of ether oxygens (including phenoxy) is 1. The molecule has 4 aromatic heterocycles. The number of nitrogens with one attached hydrogen (secondary N) is 2. The number of hydrogen-bond donors (Lipinski definition) is 5. The van der Waals surface area contributed by atoms with Crippen LogP contribution in [0, 0.1) is 11.3 Å². The van der Waals surface area contributed by atoms with E-state index in [1.165, 1.54) is 17.2 Å². The first-order valence-corrected chi connectivity index (χ1v) is 26.2. The Kier molecular flexibility index (Phi) is 10.3. The molecule has 2 saturated carbocycles. The number of aromatic amines is 1. The Hall–Kier alpha value is -3.90. The van der Waals surface area contributed by atoms with E-state index >= 15 is 4.39 Å². The molecule has 11 atom stereocenters. The summed E-state index contributed by atoms with van der Waals surface area (Å²) in [5, 5.41) is 2.35. The average molecular weight is 921 g/mol. The van der Waals surface area contributed by atoms with Crippen molar-refractivity contribution in [1.29, 1.82) is 0 Å². The molecule has 21 nitrogen and oxygen atoms in total. The number of phosphoric ester groups is 1. The summed E-state index contributed by atoms with van der Waals surface area (Å²) in [4.78, 5) is 72.6. The third kappa shape index (κ3) is 7.48. The van der Waals surface area contributed by atoms with Crippen LogP contribution in [-0.4, -0.2) is 107 Å². The topological polar surface area (TPSA) is 275 Å². The maximum Gasteiger partial charge on any atom is 0.472 e. The van der Waals surface area contributed by atoms with Gasteiger partial charge in [-0.25, -0.2) is 28.9 Å². The Balaban J connectivity index is 1.03. The Morgan fingerprint density at radius 1 is 1.08 bits per heavy atom. The predicted octanol–water partition coefficient (Wildman–Crippen LogP) is 4.12. The molecule has 1 amide bonds. The van der Waals surface area contributed by atoms with Crippen molar-refractivity contribution < 1.29 is 50.8 Å². The molecule has 2 aliphatic heterocycles. The fraction of sp³-hybridized carbons (Fsp3) is 0.514. The molecule has 9 rings (SSSR count). The van der Waals surface area contributed by atoms with E-state index in [9.17, 15) is 23.9 Å². The number of hydrogen-bond acceptors (Lipinski definition) is 16. The second-order valence-electron chi connectivity index (χ2n) is 17.1. The van der Waals surface area contributed by atoms with E-state index in [2.05, 4.69) is 35.2 Å². The maximum absolute atomic E-state index is 16.7. The van der Waals surface area contributed by atoms with Gasteiger partial charge in [-0.05, 0) is 54.4 Å². The van der Waals surface area contributed by atoms with Crippen LogP contribution in [0.25, 0.3) is 22.3 Å². The molecular formula is C35H43FN10O11P2SSi. The van der Waals surface area contributed by atoms with Crippen LogP contribution in [0.4, 0.5) is 16.2 Å². The smallest absolute Gasteiger partial charge is 0.409 e. The third-order valence-corrected chi connectivity index (χ3v) is 19.4. The van der Waals surface area contributed by atoms with Crippen LogP contribution in [-0.2, 0) is 43.6 Å². The minimum absolute atomic E-state index is 0.0190. The molecule has 2 aliphatic carbocycles. The van der Waals surface area contributed by atoms with Gasteiger partial charge in [0.05, 0.1) is 38.0 Å². The lowest BCUT2D eigenvalue weighted by Gasteiger charge is -2.43. The number of halogens is 1. The van der Waals surface area contributed by atoms with Crippen LogP contribution in [0.2, 0.25) is 18.1 Å². The summed E-state index contributed by atoms with van der Waals surface area (Å²) in [6.07, 6.45) is -4.82. The zero-order valence-electron chi connectivity index (χ0n) is 33.3. The Morgan fingerprint density at radius 3 is 2.54 bits per heavy atom. The molecule has 0 radical (unpaired) electrons. The highest BCUT2D eigenvalue weighted by molar-refractivity contribution is 8.07. The molecule has 326 valence electrons. The van der Waals surface area contributed by atoms with E-state index < -0.39 is 95.1 Å². The largest absolute Gasteiger partial charge is 0.472 e. The van der Waals surface area contributed by atoms with Gasteiger partial charge < -0.3 is 39.1 Å². The number of phosphoric acid groups is 1. The van der Waals surface area contributed by atoms with Crippen molar-refractivity contribution in [2.45, 2.75) is 88.2 Å². The molecule has 61 heavy (non-hydrogen) atoms. The minimum atomic E-state index is -5.05. The number of anilines is 2. The number of benzene rings is 1. The van der Waals surface area contributed by atoms with E-state index in [1.807, 2.05) is 33.9 Å². The normalized spacial score (nSPS) is 34.3. The van der Waals surface area contributed by atoms with Gasteiger partial charge in [0, 0.05) is 11.0 Å². The fourth-order valence-corrected chi connectivity index (χ4v) is 12.0. The Bertz CT molecular complexity index is 2700. The number of alkyl halides is 1. The van der Waals surface area contributed by atoms with Crippen LogP contribution in [0.1, 0.15) is 49.8 Å². The number of nitrogens with zero attached hydrogens (tertiary/aromatic N) is 7. The van der Waals surface area contributed by atoms with Gasteiger partial charge in [-0.3, -0.25) is 32.7 Å². The summed E-state index contributed by atoms with van der Waals surface area (Å²) in [6.45, 7) is 4.68. The number of fused-ring (bicyclic) bond motifs is 3. The van der Waals surface area contributed by atoms with Crippen molar-refractivity contribution in [3.05, 3.63) is 65.2 Å². The molecule has 1 spiro atoms. The first-order valence-electron chi connectivity index (χ1n) is 19.2. The monoisotopic (exact) mass is 920 g/mol. The summed E-state index contributed by atoms with van der Waals surface area (Å²) in [7, 11) is -7.77. The van der Waals surface area contributed by atoms with E-state index in [0.717, 1.165) is 6.33 Å². The molecule has 26 heteroatoms. The Labute approximate surface area is 352 Å². The predicted molar refractivity (Wildman–Crippen MR) is 221 cm³/mol. The van der Waals surface area contributed by atoms with Gasteiger partial charge in [-0.1, -0.05) is 39.0 Å². The van der Waals surface area contributed by atoms with Gasteiger partial charge in [0.15, 0.2) is 48.9 Å². The first kappa shape index (κ1) is 42.4. The number of nitrogen functional groups attached to an aromatic ring is 1. The van der Waals surface area contributed by atoms with Crippen molar-refractivity contribution in [2.24, 2.45) is 11.3 Å². The molecule has 4 fully saturated rings. The molecule has 4 aliphatic rings. The third-order valence-electron chi connectivity index (χ3n) is 12.4. The van der Waals surface area contributed by atoms with Crippen LogP contribution in [0.15, 0.2) is 54.1 Å². The number of carbonyl (C=O) groups is 1. The van der Waals surface area contributed by atoms with Crippen molar-refractivity contribution in [3.63, 3.8) is 0 Å². The van der Waals surface area contributed by atoms with E-state index in [-0.39, 0.29) is 45.7 Å². The van der Waals surface area contributed by atoms with Crippen molar-refractivity contribution in [3.8, 4) is 0 Å². The lowest BCUT2D eigenvalue weighted by molar-refractivity contribution is -0.0618. The van der Waals surface area contributed by atoms with E-state index in [1.54, 1.807) is 34.9 Å². The SMILES string of the molecule is CC(C)(C)[Si](C)(C)O[C@H]1[C@H](n2cnc3c(=O)[nH]c(N)nc32)[C@H]2CC23COP(O)(=S)O[C@H]2[C@@H](F)[C@H](n4cnc5c(NC(=O)c6ccccc6)ncnc54)O[C@@H]2COP(=O)(O)O[C@@H]13.